The van der Waals surface area contributed by atoms with Crippen molar-refractivity contribution in [3.05, 3.63) is 89.4 Å². The van der Waals surface area contributed by atoms with Crippen LogP contribution in [0.15, 0.2) is 83.2 Å². The highest BCUT2D eigenvalue weighted by molar-refractivity contribution is 7.89. The second-order valence-corrected chi connectivity index (χ2v) is 14.5. The number of sulfonamides is 1. The first kappa shape index (κ1) is 34.0. The van der Waals surface area contributed by atoms with Gasteiger partial charge < -0.3 is 20.5 Å². The quantitative estimate of drug-likeness (QED) is 0.194. The highest BCUT2D eigenvalue weighted by Gasteiger charge is 2.39. The number of nitrogens with zero attached hydrogens (tertiary/aromatic N) is 3. The van der Waals surface area contributed by atoms with Gasteiger partial charge in [0.15, 0.2) is 6.10 Å². The number of carbonyl (C=O) groups is 3. The predicted octanol–water partition coefficient (Wildman–Crippen LogP) is 3.42. The van der Waals surface area contributed by atoms with E-state index in [-0.39, 0.29) is 42.8 Å². The number of amides is 3. The normalized spacial score (nSPS) is 16.3. The van der Waals surface area contributed by atoms with E-state index in [2.05, 4.69) is 15.6 Å². The van der Waals surface area contributed by atoms with E-state index in [0.29, 0.717) is 16.8 Å². The lowest BCUT2D eigenvalue weighted by Gasteiger charge is -2.31. The lowest BCUT2D eigenvalue weighted by Crippen LogP contribution is -2.53. The molecule has 1 aliphatic rings. The third-order valence-corrected chi connectivity index (χ3v) is 10.4. The van der Waals surface area contributed by atoms with Gasteiger partial charge in [-0.3, -0.25) is 14.5 Å². The maximum atomic E-state index is 13.9. The van der Waals surface area contributed by atoms with Crippen molar-refractivity contribution in [1.82, 2.24) is 19.9 Å². The van der Waals surface area contributed by atoms with Crippen molar-refractivity contribution in [2.45, 2.75) is 43.4 Å². The van der Waals surface area contributed by atoms with E-state index in [4.69, 9.17) is 4.74 Å². The lowest BCUT2D eigenvalue weighted by molar-refractivity contribution is -0.129. The van der Waals surface area contributed by atoms with Crippen LogP contribution >= 0.6 is 11.3 Å². The summed E-state index contributed by atoms with van der Waals surface area (Å²) in [6.45, 7) is 3.49. The Morgan fingerprint density at radius 3 is 2.57 bits per heavy atom. The summed E-state index contributed by atoms with van der Waals surface area (Å²) in [7, 11) is -2.53. The van der Waals surface area contributed by atoms with Gasteiger partial charge >= 0.3 is 6.09 Å². The fourth-order valence-electron chi connectivity index (χ4n) is 5.36. The van der Waals surface area contributed by atoms with E-state index in [1.54, 1.807) is 35.8 Å². The van der Waals surface area contributed by atoms with Gasteiger partial charge in [-0.05, 0) is 54.3 Å². The van der Waals surface area contributed by atoms with Gasteiger partial charge in [-0.15, -0.1) is 11.3 Å². The minimum atomic E-state index is -4.03. The number of carbonyl (C=O) groups excluding carboxylic acids is 3. The number of benzene rings is 3. The SMILES string of the molecule is CNC(=O)c1cccc(N2CC(C(=O)NC(Cc3ccccc3)[C@H](O)CN(CC(C)C)S(=O)(=O)c3ccc4ncsc4c3)OC2=O)c1. The van der Waals surface area contributed by atoms with Crippen molar-refractivity contribution in [1.29, 1.82) is 0 Å². The Kier molecular flexibility index (Phi) is 10.5. The molecule has 1 aliphatic heterocycles. The van der Waals surface area contributed by atoms with E-state index in [1.807, 2.05) is 44.2 Å². The Labute approximate surface area is 277 Å². The number of ether oxygens (including phenoxy) is 1. The monoisotopic (exact) mass is 679 g/mol. The van der Waals surface area contributed by atoms with Crippen LogP contribution in [0.3, 0.4) is 0 Å². The van der Waals surface area contributed by atoms with Gasteiger partial charge in [0.1, 0.15) is 0 Å². The molecule has 0 aliphatic carbocycles. The second-order valence-electron chi connectivity index (χ2n) is 11.7. The number of aromatic nitrogens is 1. The number of cyclic esters (lactones) is 1. The molecule has 12 nitrogen and oxygen atoms in total. The zero-order valence-corrected chi connectivity index (χ0v) is 27.8. The molecule has 4 aromatic rings. The number of rotatable bonds is 13. The van der Waals surface area contributed by atoms with Gasteiger partial charge in [0.2, 0.25) is 10.0 Å². The van der Waals surface area contributed by atoms with E-state index in [0.717, 1.165) is 10.3 Å². The van der Waals surface area contributed by atoms with Gasteiger partial charge in [-0.2, -0.15) is 4.31 Å². The van der Waals surface area contributed by atoms with Crippen LogP contribution in [0.1, 0.15) is 29.8 Å². The summed E-state index contributed by atoms with van der Waals surface area (Å²) in [6.07, 6.45) is -3.10. The van der Waals surface area contributed by atoms with Crippen LogP contribution in [-0.2, 0) is 26.0 Å². The molecule has 1 aromatic heterocycles. The van der Waals surface area contributed by atoms with Crippen molar-refractivity contribution in [3.63, 3.8) is 0 Å². The summed E-state index contributed by atoms with van der Waals surface area (Å²) in [5, 5.41) is 17.0. The number of aliphatic hydroxyl groups excluding tert-OH is 1. The molecule has 2 heterocycles. The van der Waals surface area contributed by atoms with Crippen molar-refractivity contribution in [2.75, 3.05) is 31.6 Å². The Bertz CT molecular complexity index is 1850. The molecule has 0 spiro atoms. The fourth-order valence-corrected chi connectivity index (χ4v) is 7.79. The molecule has 3 atom stereocenters. The smallest absolute Gasteiger partial charge is 0.415 e. The van der Waals surface area contributed by atoms with E-state index in [1.165, 1.54) is 39.7 Å². The highest BCUT2D eigenvalue weighted by Crippen LogP contribution is 2.26. The molecular weight excluding hydrogens is 643 g/mol. The van der Waals surface area contributed by atoms with Crippen LogP contribution in [0.4, 0.5) is 10.5 Å². The molecule has 0 saturated carbocycles. The molecule has 248 valence electrons. The first-order valence-corrected chi connectivity index (χ1v) is 17.4. The number of hydrogen-bond donors (Lipinski definition) is 3. The predicted molar refractivity (Wildman–Crippen MR) is 179 cm³/mol. The Morgan fingerprint density at radius 1 is 1.09 bits per heavy atom. The molecule has 2 unspecified atom stereocenters. The molecule has 0 radical (unpaired) electrons. The van der Waals surface area contributed by atoms with Crippen LogP contribution in [0.25, 0.3) is 10.2 Å². The molecule has 1 fully saturated rings. The number of thiazole rings is 1. The number of nitrogens with one attached hydrogen (secondary N) is 2. The van der Waals surface area contributed by atoms with E-state index < -0.39 is 40.3 Å². The van der Waals surface area contributed by atoms with Crippen LogP contribution in [0, 0.1) is 5.92 Å². The minimum absolute atomic E-state index is 0.0583. The molecule has 1 saturated heterocycles. The second kappa shape index (κ2) is 14.6. The van der Waals surface area contributed by atoms with Crippen LogP contribution in [0.5, 0.6) is 0 Å². The molecule has 3 amide bonds. The van der Waals surface area contributed by atoms with Gasteiger partial charge in [-0.25, -0.2) is 18.2 Å². The van der Waals surface area contributed by atoms with Crippen LogP contribution in [0.2, 0.25) is 0 Å². The largest absolute Gasteiger partial charge is 0.434 e. The van der Waals surface area contributed by atoms with Gasteiger partial charge in [0.05, 0.1) is 39.3 Å². The van der Waals surface area contributed by atoms with Gasteiger partial charge in [0.25, 0.3) is 11.8 Å². The summed E-state index contributed by atoms with van der Waals surface area (Å²) in [4.78, 5) is 44.0. The number of hydrogen-bond acceptors (Lipinski definition) is 9. The number of fused-ring (bicyclic) bond motifs is 1. The Morgan fingerprint density at radius 2 is 1.85 bits per heavy atom. The summed E-state index contributed by atoms with van der Waals surface area (Å²) in [5.74, 6) is -1.03. The zero-order valence-electron chi connectivity index (χ0n) is 26.2. The van der Waals surface area contributed by atoms with Crippen LogP contribution in [-0.4, -0.2) is 85.7 Å². The van der Waals surface area contributed by atoms with Crippen molar-refractivity contribution >= 4 is 55.2 Å². The first-order chi connectivity index (χ1) is 22.5. The molecule has 0 bridgehead atoms. The topological polar surface area (TPSA) is 158 Å². The third kappa shape index (κ3) is 7.96. The molecular formula is C33H37N5O7S2. The lowest BCUT2D eigenvalue weighted by atomic mass is 10.0. The highest BCUT2D eigenvalue weighted by atomic mass is 32.2. The average molecular weight is 680 g/mol. The third-order valence-electron chi connectivity index (χ3n) is 7.74. The zero-order chi connectivity index (χ0) is 33.7. The Balaban J connectivity index is 1.36. The molecule has 47 heavy (non-hydrogen) atoms. The van der Waals surface area contributed by atoms with Crippen molar-refractivity contribution in [2.24, 2.45) is 5.92 Å². The van der Waals surface area contributed by atoms with Crippen LogP contribution < -0.4 is 15.5 Å². The maximum absolute atomic E-state index is 13.9. The summed E-state index contributed by atoms with van der Waals surface area (Å²) >= 11 is 1.34. The molecule has 3 N–H and O–H groups in total. The number of anilines is 1. The average Bonchev–Trinajstić information content (AvgIpc) is 3.70. The van der Waals surface area contributed by atoms with Gasteiger partial charge in [-0.1, -0.05) is 50.2 Å². The van der Waals surface area contributed by atoms with E-state index in [9.17, 15) is 27.9 Å². The standard InChI is InChI=1S/C33H37N5O7S2/c1-21(2)17-37(47(43,44)25-12-13-26-30(16-25)46-20-35-26)18-28(39)27(14-22-8-5-4-6-9-22)36-32(41)29-19-38(33(42)45-29)24-11-7-10-23(15-24)31(40)34-3/h4-13,15-16,20-21,27-29,39H,14,17-19H2,1-3H3,(H,34,40)(H,36,41)/t27?,28-,29?/m1/s1. The summed E-state index contributed by atoms with van der Waals surface area (Å²) < 4.78 is 35.2. The summed E-state index contributed by atoms with van der Waals surface area (Å²) in [5.41, 5.74) is 3.88. The number of aliphatic hydroxyl groups is 1. The van der Waals surface area contributed by atoms with Gasteiger partial charge in [0, 0.05) is 31.4 Å². The molecule has 3 aromatic carbocycles. The first-order valence-electron chi connectivity index (χ1n) is 15.1. The Hall–Kier alpha value is -4.37. The summed E-state index contributed by atoms with van der Waals surface area (Å²) in [6, 6.07) is 19.4. The maximum Gasteiger partial charge on any atom is 0.415 e. The van der Waals surface area contributed by atoms with E-state index >= 15 is 0 Å². The molecule has 5 rings (SSSR count). The van der Waals surface area contributed by atoms with Crippen molar-refractivity contribution < 1.29 is 32.6 Å². The van der Waals surface area contributed by atoms with Crippen molar-refractivity contribution in [3.8, 4) is 0 Å². The fraction of sp³-hybridized carbons (Fsp3) is 0.333. The minimum Gasteiger partial charge on any atom is -0.434 e. The molecule has 14 heteroatoms.